The molecule has 1 amide bonds. The number of benzene rings is 1. The van der Waals surface area contributed by atoms with Gasteiger partial charge >= 0.3 is 12.1 Å². The summed E-state index contributed by atoms with van der Waals surface area (Å²) in [5.41, 5.74) is -0.875. The van der Waals surface area contributed by atoms with Gasteiger partial charge in [-0.15, -0.1) is 0 Å². The molecule has 0 bridgehead atoms. The van der Waals surface area contributed by atoms with Crippen LogP contribution in [0.1, 0.15) is 35.2 Å². The molecule has 1 aromatic carbocycles. The molecule has 0 fully saturated rings. The highest BCUT2D eigenvalue weighted by Gasteiger charge is 2.30. The van der Waals surface area contributed by atoms with Crippen LogP contribution in [0.15, 0.2) is 24.3 Å². The topological polar surface area (TPSA) is 79.2 Å². The first-order chi connectivity index (χ1) is 10.8. The molecular formula is C15H15F3N2O3. The Morgan fingerprint density at radius 2 is 1.91 bits per heavy atom. The molecule has 0 aromatic heterocycles. The molecule has 5 nitrogen and oxygen atoms in total. The highest BCUT2D eigenvalue weighted by molar-refractivity contribution is 5.96. The Kier molecular flexibility index (Phi) is 6.57. The van der Waals surface area contributed by atoms with Crippen molar-refractivity contribution in [2.45, 2.75) is 31.5 Å². The number of ether oxygens (including phenoxy) is 1. The lowest BCUT2D eigenvalue weighted by atomic mass is 10.1. The molecule has 0 spiro atoms. The summed E-state index contributed by atoms with van der Waals surface area (Å²) in [6.07, 6.45) is -3.69. The summed E-state index contributed by atoms with van der Waals surface area (Å²) in [6, 6.07) is 4.60. The minimum Gasteiger partial charge on any atom is -0.467 e. The van der Waals surface area contributed by atoms with Crippen LogP contribution >= 0.6 is 0 Å². The average Bonchev–Trinajstić information content (AvgIpc) is 2.52. The smallest absolute Gasteiger partial charge is 0.416 e. The molecule has 0 radical (unpaired) electrons. The SMILES string of the molecule is COC(=O)[C@H](CCCC#N)NC(=O)c1ccc(C(F)(F)F)cc1. The van der Waals surface area contributed by atoms with Gasteiger partial charge in [0, 0.05) is 12.0 Å². The van der Waals surface area contributed by atoms with Crippen molar-refractivity contribution in [1.29, 1.82) is 5.26 Å². The number of nitriles is 1. The maximum absolute atomic E-state index is 12.5. The van der Waals surface area contributed by atoms with Crippen LogP contribution in [-0.2, 0) is 15.7 Å². The van der Waals surface area contributed by atoms with E-state index in [9.17, 15) is 22.8 Å². The van der Waals surface area contributed by atoms with Crippen molar-refractivity contribution in [2.75, 3.05) is 7.11 Å². The van der Waals surface area contributed by atoms with E-state index in [1.165, 1.54) is 0 Å². The van der Waals surface area contributed by atoms with Crippen molar-refractivity contribution in [3.63, 3.8) is 0 Å². The fraction of sp³-hybridized carbons (Fsp3) is 0.400. The maximum atomic E-state index is 12.5. The van der Waals surface area contributed by atoms with E-state index in [0.29, 0.717) is 6.42 Å². The van der Waals surface area contributed by atoms with E-state index in [-0.39, 0.29) is 18.4 Å². The third kappa shape index (κ3) is 5.62. The van der Waals surface area contributed by atoms with E-state index in [1.54, 1.807) is 0 Å². The Morgan fingerprint density at radius 1 is 1.30 bits per heavy atom. The Hall–Kier alpha value is -2.56. The van der Waals surface area contributed by atoms with Gasteiger partial charge in [0.25, 0.3) is 5.91 Å². The molecule has 1 N–H and O–H groups in total. The lowest BCUT2D eigenvalue weighted by Crippen LogP contribution is -2.41. The van der Waals surface area contributed by atoms with Crippen LogP contribution in [-0.4, -0.2) is 25.0 Å². The second-order valence-corrected chi connectivity index (χ2v) is 4.67. The number of carbonyl (C=O) groups is 2. The predicted octanol–water partition coefficient (Wildman–Crippen LogP) is 2.67. The van der Waals surface area contributed by atoms with Crippen LogP contribution in [0.2, 0.25) is 0 Å². The van der Waals surface area contributed by atoms with E-state index in [4.69, 9.17) is 5.26 Å². The molecule has 23 heavy (non-hydrogen) atoms. The van der Waals surface area contributed by atoms with Gasteiger partial charge in [0.15, 0.2) is 0 Å². The number of nitrogens with zero attached hydrogens (tertiary/aromatic N) is 1. The lowest BCUT2D eigenvalue weighted by Gasteiger charge is -2.16. The third-order valence-electron chi connectivity index (χ3n) is 3.05. The first kappa shape index (κ1) is 18.5. The summed E-state index contributed by atoms with van der Waals surface area (Å²) >= 11 is 0. The van der Waals surface area contributed by atoms with Gasteiger partial charge in [-0.2, -0.15) is 18.4 Å². The largest absolute Gasteiger partial charge is 0.467 e. The predicted molar refractivity (Wildman–Crippen MR) is 74.2 cm³/mol. The summed E-state index contributed by atoms with van der Waals surface area (Å²) in [6.45, 7) is 0. The zero-order valence-electron chi connectivity index (χ0n) is 12.3. The normalized spacial score (nSPS) is 12.1. The van der Waals surface area contributed by atoms with Crippen LogP contribution in [0, 0.1) is 11.3 Å². The number of hydrogen-bond donors (Lipinski definition) is 1. The monoisotopic (exact) mass is 328 g/mol. The number of esters is 1. The van der Waals surface area contributed by atoms with Gasteiger partial charge in [-0.05, 0) is 37.1 Å². The molecule has 0 unspecified atom stereocenters. The molecule has 0 saturated heterocycles. The molecule has 0 aliphatic rings. The van der Waals surface area contributed by atoms with Crippen LogP contribution in [0.3, 0.4) is 0 Å². The number of halogens is 3. The van der Waals surface area contributed by atoms with Crippen molar-refractivity contribution in [2.24, 2.45) is 0 Å². The minimum atomic E-state index is -4.49. The van der Waals surface area contributed by atoms with E-state index in [1.807, 2.05) is 6.07 Å². The number of nitrogens with one attached hydrogen (secondary N) is 1. The highest BCUT2D eigenvalue weighted by Crippen LogP contribution is 2.29. The fourth-order valence-corrected chi connectivity index (χ4v) is 1.83. The zero-order chi connectivity index (χ0) is 17.5. The maximum Gasteiger partial charge on any atom is 0.416 e. The Labute approximate surface area is 131 Å². The van der Waals surface area contributed by atoms with Crippen LogP contribution in [0.25, 0.3) is 0 Å². The van der Waals surface area contributed by atoms with Gasteiger partial charge in [0.1, 0.15) is 6.04 Å². The molecule has 0 aliphatic carbocycles. The molecule has 124 valence electrons. The van der Waals surface area contributed by atoms with Crippen LogP contribution in [0.5, 0.6) is 0 Å². The Balaban J connectivity index is 2.78. The minimum absolute atomic E-state index is 0.00723. The van der Waals surface area contributed by atoms with Gasteiger partial charge in [-0.1, -0.05) is 0 Å². The van der Waals surface area contributed by atoms with Gasteiger partial charge in [-0.3, -0.25) is 4.79 Å². The Bertz CT molecular complexity index is 591. The second-order valence-electron chi connectivity index (χ2n) is 4.67. The molecule has 1 aromatic rings. The molecule has 1 atom stereocenters. The fourth-order valence-electron chi connectivity index (χ4n) is 1.83. The average molecular weight is 328 g/mol. The van der Waals surface area contributed by atoms with E-state index in [2.05, 4.69) is 10.1 Å². The molecule has 8 heteroatoms. The lowest BCUT2D eigenvalue weighted by molar-refractivity contribution is -0.143. The van der Waals surface area contributed by atoms with Crippen molar-refractivity contribution >= 4 is 11.9 Å². The number of methoxy groups -OCH3 is 1. The summed E-state index contributed by atoms with van der Waals surface area (Å²) in [7, 11) is 1.16. The Morgan fingerprint density at radius 3 is 2.39 bits per heavy atom. The first-order valence-electron chi connectivity index (χ1n) is 6.72. The second kappa shape index (κ2) is 8.17. The van der Waals surface area contributed by atoms with Crippen molar-refractivity contribution in [3.8, 4) is 6.07 Å². The summed E-state index contributed by atoms with van der Waals surface area (Å²) in [5, 5.41) is 10.9. The number of unbranched alkanes of at least 4 members (excludes halogenated alkanes) is 1. The number of alkyl halides is 3. The molecule has 0 saturated carbocycles. The van der Waals surface area contributed by atoms with E-state index < -0.39 is 29.7 Å². The molecule has 0 aliphatic heterocycles. The summed E-state index contributed by atoms with van der Waals surface area (Å²) < 4.78 is 42.0. The van der Waals surface area contributed by atoms with Crippen molar-refractivity contribution in [1.82, 2.24) is 5.32 Å². The summed E-state index contributed by atoms with van der Waals surface area (Å²) in [4.78, 5) is 23.6. The first-order valence-corrected chi connectivity index (χ1v) is 6.72. The van der Waals surface area contributed by atoms with Gasteiger partial charge in [0.05, 0.1) is 18.7 Å². The third-order valence-corrected chi connectivity index (χ3v) is 3.05. The van der Waals surface area contributed by atoms with Crippen molar-refractivity contribution < 1.29 is 27.5 Å². The molecular weight excluding hydrogens is 313 g/mol. The van der Waals surface area contributed by atoms with Crippen LogP contribution < -0.4 is 5.32 Å². The number of amides is 1. The quantitative estimate of drug-likeness (QED) is 0.643. The van der Waals surface area contributed by atoms with Crippen molar-refractivity contribution in [3.05, 3.63) is 35.4 Å². The number of rotatable bonds is 6. The van der Waals surface area contributed by atoms with Gasteiger partial charge in [0.2, 0.25) is 0 Å². The highest BCUT2D eigenvalue weighted by atomic mass is 19.4. The summed E-state index contributed by atoms with van der Waals surface area (Å²) in [5.74, 6) is -1.37. The number of hydrogen-bond acceptors (Lipinski definition) is 4. The van der Waals surface area contributed by atoms with Gasteiger partial charge < -0.3 is 10.1 Å². The van der Waals surface area contributed by atoms with E-state index >= 15 is 0 Å². The standard InChI is InChI=1S/C15H15F3N2O3/c1-23-14(22)12(4-2-3-9-19)20-13(21)10-5-7-11(8-6-10)15(16,17)18/h5-8,12H,2-4H2,1H3,(H,20,21)/t12-/m0/s1. The molecule has 1 rings (SSSR count). The zero-order valence-corrected chi connectivity index (χ0v) is 12.3. The van der Waals surface area contributed by atoms with Crippen LogP contribution in [0.4, 0.5) is 13.2 Å². The number of carbonyl (C=O) groups excluding carboxylic acids is 2. The van der Waals surface area contributed by atoms with Gasteiger partial charge in [-0.25, -0.2) is 4.79 Å². The molecule has 0 heterocycles. The van der Waals surface area contributed by atoms with E-state index in [0.717, 1.165) is 31.4 Å².